The van der Waals surface area contributed by atoms with Crippen LogP contribution in [0.3, 0.4) is 0 Å². The second-order valence-corrected chi connectivity index (χ2v) is 8.66. The monoisotopic (exact) mass is 472 g/mol. The number of hydrogen-bond acceptors (Lipinski definition) is 4. The Hall–Kier alpha value is -4.13. The number of carboxylic acids is 1. The molecule has 1 atom stereocenters. The van der Waals surface area contributed by atoms with E-state index in [1.807, 2.05) is 31.2 Å². The number of aryl methyl sites for hydroxylation is 1. The number of carbonyl (C=O) groups excluding carboxylic acids is 2. The molecule has 0 saturated carbocycles. The maximum Gasteiger partial charge on any atom is 0.407 e. The fourth-order valence-corrected chi connectivity index (χ4v) is 4.47. The number of aromatic carboxylic acids is 1. The maximum atomic E-state index is 12.6. The van der Waals surface area contributed by atoms with Crippen LogP contribution >= 0.6 is 0 Å². The van der Waals surface area contributed by atoms with Gasteiger partial charge in [-0.3, -0.25) is 4.79 Å². The Morgan fingerprint density at radius 3 is 2.20 bits per heavy atom. The molecular weight excluding hydrogens is 444 g/mol. The molecule has 0 heterocycles. The minimum Gasteiger partial charge on any atom is -0.478 e. The van der Waals surface area contributed by atoms with Gasteiger partial charge < -0.3 is 20.5 Å². The number of hydrogen-bond donors (Lipinski definition) is 3. The van der Waals surface area contributed by atoms with Gasteiger partial charge in [-0.15, -0.1) is 0 Å². The fraction of sp³-hybridized carbons (Fsp3) is 0.250. The van der Waals surface area contributed by atoms with Crippen LogP contribution < -0.4 is 10.6 Å². The van der Waals surface area contributed by atoms with Crippen molar-refractivity contribution < 1.29 is 24.2 Å². The molecular formula is C28H28N2O5. The highest BCUT2D eigenvalue weighted by atomic mass is 16.5. The lowest BCUT2D eigenvalue weighted by Gasteiger charge is -2.19. The molecule has 7 nitrogen and oxygen atoms in total. The van der Waals surface area contributed by atoms with Crippen molar-refractivity contribution in [3.8, 4) is 11.1 Å². The van der Waals surface area contributed by atoms with Crippen LogP contribution in [0.4, 0.5) is 10.5 Å². The molecule has 0 radical (unpaired) electrons. The van der Waals surface area contributed by atoms with Gasteiger partial charge in [0.2, 0.25) is 5.91 Å². The standard InChI is InChI=1S/C28H28N2O5/c1-3-18(15-26(31)29-19-13-12-17(2)24(14-19)27(32)33)30-28(34)35-16-25-22-10-6-4-8-20(22)21-9-5-7-11-23(21)25/h4-14,18,25H,3,15-16H2,1-2H3,(H,29,31)(H,30,34)(H,32,33)/t18-/m1/s1. The Labute approximate surface area is 204 Å². The van der Waals surface area contributed by atoms with Crippen LogP contribution in [0.25, 0.3) is 11.1 Å². The third kappa shape index (κ3) is 5.35. The van der Waals surface area contributed by atoms with Crippen LogP contribution in [-0.2, 0) is 9.53 Å². The van der Waals surface area contributed by atoms with Crippen molar-refractivity contribution in [2.24, 2.45) is 0 Å². The number of rotatable bonds is 8. The lowest BCUT2D eigenvalue weighted by atomic mass is 9.98. The van der Waals surface area contributed by atoms with E-state index < -0.39 is 18.1 Å². The molecule has 0 bridgehead atoms. The summed E-state index contributed by atoms with van der Waals surface area (Å²) < 4.78 is 5.58. The highest BCUT2D eigenvalue weighted by Gasteiger charge is 2.29. The molecule has 7 heteroatoms. The third-order valence-corrected chi connectivity index (χ3v) is 6.34. The van der Waals surface area contributed by atoms with E-state index in [2.05, 4.69) is 34.9 Å². The Kier molecular flexibility index (Phi) is 7.15. The topological polar surface area (TPSA) is 105 Å². The van der Waals surface area contributed by atoms with Crippen LogP contribution in [0, 0.1) is 6.92 Å². The fourth-order valence-electron chi connectivity index (χ4n) is 4.47. The van der Waals surface area contributed by atoms with Crippen LogP contribution in [-0.4, -0.2) is 35.7 Å². The summed E-state index contributed by atoms with van der Waals surface area (Å²) in [5, 5.41) is 14.8. The molecule has 0 saturated heterocycles. The summed E-state index contributed by atoms with van der Waals surface area (Å²) >= 11 is 0. The van der Waals surface area contributed by atoms with E-state index in [4.69, 9.17) is 4.74 Å². The summed E-state index contributed by atoms with van der Waals surface area (Å²) in [6.07, 6.45) is -0.00178. The lowest BCUT2D eigenvalue weighted by Crippen LogP contribution is -2.38. The Morgan fingerprint density at radius 2 is 1.60 bits per heavy atom. The Morgan fingerprint density at radius 1 is 0.971 bits per heavy atom. The molecule has 1 aliphatic carbocycles. The zero-order valence-corrected chi connectivity index (χ0v) is 19.7. The average molecular weight is 473 g/mol. The molecule has 0 aromatic heterocycles. The van der Waals surface area contributed by atoms with Crippen LogP contribution in [0.15, 0.2) is 66.7 Å². The molecule has 180 valence electrons. The minimum atomic E-state index is -1.05. The Balaban J connectivity index is 1.34. The maximum absolute atomic E-state index is 12.6. The number of carboxylic acid groups (broad SMARTS) is 1. The van der Waals surface area contributed by atoms with E-state index in [1.54, 1.807) is 19.1 Å². The third-order valence-electron chi connectivity index (χ3n) is 6.34. The number of anilines is 1. The van der Waals surface area contributed by atoms with E-state index in [1.165, 1.54) is 6.07 Å². The van der Waals surface area contributed by atoms with Gasteiger partial charge in [-0.2, -0.15) is 0 Å². The lowest BCUT2D eigenvalue weighted by molar-refractivity contribution is -0.116. The summed E-state index contributed by atoms with van der Waals surface area (Å²) in [6.45, 7) is 3.76. The molecule has 1 aliphatic rings. The van der Waals surface area contributed by atoms with Crippen molar-refractivity contribution in [1.29, 1.82) is 0 Å². The zero-order valence-electron chi connectivity index (χ0n) is 19.7. The van der Waals surface area contributed by atoms with Gasteiger partial charge in [-0.25, -0.2) is 9.59 Å². The van der Waals surface area contributed by atoms with Gasteiger partial charge in [0, 0.05) is 24.1 Å². The van der Waals surface area contributed by atoms with Crippen molar-refractivity contribution in [2.75, 3.05) is 11.9 Å². The van der Waals surface area contributed by atoms with Crippen molar-refractivity contribution in [3.05, 3.63) is 89.0 Å². The Bertz CT molecular complexity index is 1220. The normalized spacial score (nSPS) is 12.9. The minimum absolute atomic E-state index is 0.0387. The van der Waals surface area contributed by atoms with Crippen molar-refractivity contribution >= 4 is 23.7 Å². The van der Waals surface area contributed by atoms with E-state index in [0.717, 1.165) is 22.3 Å². The summed E-state index contributed by atoms with van der Waals surface area (Å²) in [5.74, 6) is -1.42. The first-order chi connectivity index (χ1) is 16.9. The average Bonchev–Trinajstić information content (AvgIpc) is 3.17. The molecule has 3 N–H and O–H groups in total. The number of amides is 2. The molecule has 0 fully saturated rings. The first-order valence-corrected chi connectivity index (χ1v) is 11.6. The number of benzene rings is 3. The quantitative estimate of drug-likeness (QED) is 0.411. The molecule has 0 spiro atoms. The SMILES string of the molecule is CC[C@H](CC(=O)Nc1ccc(C)c(C(=O)O)c1)NC(=O)OCC1c2ccccc2-c2ccccc21. The van der Waals surface area contributed by atoms with E-state index in [0.29, 0.717) is 17.7 Å². The van der Waals surface area contributed by atoms with Gasteiger partial charge in [-0.05, 0) is 53.3 Å². The summed E-state index contributed by atoms with van der Waals surface area (Å²) in [7, 11) is 0. The summed E-state index contributed by atoms with van der Waals surface area (Å²) in [5.41, 5.74) is 5.71. The molecule has 0 aliphatic heterocycles. The molecule has 2 amide bonds. The zero-order chi connectivity index (χ0) is 24.9. The van der Waals surface area contributed by atoms with Gasteiger partial charge in [0.05, 0.1) is 5.56 Å². The van der Waals surface area contributed by atoms with E-state index >= 15 is 0 Å². The van der Waals surface area contributed by atoms with E-state index in [-0.39, 0.29) is 30.4 Å². The van der Waals surface area contributed by atoms with Gasteiger partial charge in [-0.1, -0.05) is 61.5 Å². The van der Waals surface area contributed by atoms with Gasteiger partial charge in [0.25, 0.3) is 0 Å². The van der Waals surface area contributed by atoms with Crippen molar-refractivity contribution in [1.82, 2.24) is 5.32 Å². The van der Waals surface area contributed by atoms with Crippen LogP contribution in [0.2, 0.25) is 0 Å². The number of nitrogens with one attached hydrogen (secondary N) is 2. The highest BCUT2D eigenvalue weighted by molar-refractivity contribution is 5.95. The number of fused-ring (bicyclic) bond motifs is 3. The largest absolute Gasteiger partial charge is 0.478 e. The highest BCUT2D eigenvalue weighted by Crippen LogP contribution is 2.44. The smallest absolute Gasteiger partial charge is 0.407 e. The molecule has 0 unspecified atom stereocenters. The molecule has 35 heavy (non-hydrogen) atoms. The van der Waals surface area contributed by atoms with Gasteiger partial charge >= 0.3 is 12.1 Å². The number of alkyl carbamates (subject to hydrolysis) is 1. The summed E-state index contributed by atoms with van der Waals surface area (Å²) in [4.78, 5) is 36.4. The number of carbonyl (C=O) groups is 3. The first-order valence-electron chi connectivity index (χ1n) is 11.6. The predicted octanol–water partition coefficient (Wildman–Crippen LogP) is 5.34. The van der Waals surface area contributed by atoms with Crippen LogP contribution in [0.1, 0.15) is 52.7 Å². The number of ether oxygens (including phenoxy) is 1. The van der Waals surface area contributed by atoms with E-state index in [9.17, 15) is 19.5 Å². The molecule has 3 aromatic carbocycles. The summed E-state index contributed by atoms with van der Waals surface area (Å²) in [6, 6.07) is 20.5. The molecule has 4 rings (SSSR count). The predicted molar refractivity (Wildman–Crippen MR) is 134 cm³/mol. The van der Waals surface area contributed by atoms with Gasteiger partial charge in [0.1, 0.15) is 6.61 Å². The molecule has 3 aromatic rings. The second kappa shape index (κ2) is 10.4. The first kappa shape index (κ1) is 24.0. The van der Waals surface area contributed by atoms with Crippen LogP contribution in [0.5, 0.6) is 0 Å². The van der Waals surface area contributed by atoms with Crippen molar-refractivity contribution in [3.63, 3.8) is 0 Å². The van der Waals surface area contributed by atoms with Crippen molar-refractivity contribution in [2.45, 2.75) is 38.6 Å². The van der Waals surface area contributed by atoms with Gasteiger partial charge in [0.15, 0.2) is 0 Å². The second-order valence-electron chi connectivity index (χ2n) is 8.66.